The molecule has 3 aromatic rings. The number of piperazine rings is 1. The fraction of sp³-hybridized carbons (Fsp3) is 0.318. The molecule has 156 valence electrons. The van der Waals surface area contributed by atoms with E-state index < -0.39 is 0 Å². The molecular weight excluding hydrogens is 405 g/mol. The Morgan fingerprint density at radius 1 is 1.17 bits per heavy atom. The number of nitrogens with zero attached hydrogens (tertiary/aromatic N) is 4. The van der Waals surface area contributed by atoms with Crippen LogP contribution in [-0.2, 0) is 13.0 Å². The van der Waals surface area contributed by atoms with Crippen molar-refractivity contribution in [1.29, 1.82) is 0 Å². The van der Waals surface area contributed by atoms with Crippen LogP contribution in [0.15, 0.2) is 47.4 Å². The van der Waals surface area contributed by atoms with Crippen LogP contribution in [0, 0.1) is 5.82 Å². The standard InChI is InChI=1S/C22H23ClFN5O/c1-2-16-12-21(30)27-22(26-16)15-6-7-20(25-13-15)29-10-8-28(9-11-29)14-17-18(23)4-3-5-19(17)24/h3-7,12-13H,2,8-11,14H2,1H3,(H,26,27,30). The van der Waals surface area contributed by atoms with E-state index in [0.717, 1.165) is 43.3 Å². The lowest BCUT2D eigenvalue weighted by molar-refractivity contribution is 0.246. The molecule has 1 fully saturated rings. The van der Waals surface area contributed by atoms with Crippen LogP contribution in [-0.4, -0.2) is 46.0 Å². The largest absolute Gasteiger partial charge is 0.354 e. The number of H-pyrrole nitrogens is 1. The molecule has 1 saturated heterocycles. The molecule has 0 amide bonds. The molecule has 4 rings (SSSR count). The first-order chi connectivity index (χ1) is 14.5. The summed E-state index contributed by atoms with van der Waals surface area (Å²) in [6.07, 6.45) is 2.43. The van der Waals surface area contributed by atoms with Gasteiger partial charge in [0, 0.05) is 66.8 Å². The van der Waals surface area contributed by atoms with Gasteiger partial charge in [-0.25, -0.2) is 14.4 Å². The fourth-order valence-corrected chi connectivity index (χ4v) is 3.80. The van der Waals surface area contributed by atoms with Crippen molar-refractivity contribution in [3.8, 4) is 11.4 Å². The number of pyridine rings is 1. The molecule has 0 saturated carbocycles. The Labute approximate surface area is 179 Å². The van der Waals surface area contributed by atoms with Crippen LogP contribution >= 0.6 is 11.6 Å². The number of hydrogen-bond acceptors (Lipinski definition) is 5. The third-order valence-electron chi connectivity index (χ3n) is 5.32. The number of anilines is 1. The highest BCUT2D eigenvalue weighted by atomic mass is 35.5. The summed E-state index contributed by atoms with van der Waals surface area (Å²) in [5.41, 5.74) is 1.92. The molecule has 0 radical (unpaired) electrons. The summed E-state index contributed by atoms with van der Waals surface area (Å²) in [5, 5.41) is 0.466. The molecule has 0 bridgehead atoms. The highest BCUT2D eigenvalue weighted by Crippen LogP contribution is 2.23. The number of aromatic nitrogens is 3. The van der Waals surface area contributed by atoms with E-state index in [1.54, 1.807) is 18.3 Å². The molecule has 3 heterocycles. The molecule has 1 N–H and O–H groups in total. The van der Waals surface area contributed by atoms with Gasteiger partial charge in [-0.3, -0.25) is 9.69 Å². The molecule has 0 unspecified atom stereocenters. The van der Waals surface area contributed by atoms with Crippen molar-refractivity contribution < 1.29 is 4.39 Å². The number of halogens is 2. The van der Waals surface area contributed by atoms with E-state index in [2.05, 4.69) is 24.8 Å². The van der Waals surface area contributed by atoms with Crippen LogP contribution in [0.25, 0.3) is 11.4 Å². The van der Waals surface area contributed by atoms with Gasteiger partial charge in [0.05, 0.1) is 0 Å². The highest BCUT2D eigenvalue weighted by molar-refractivity contribution is 6.31. The zero-order valence-corrected chi connectivity index (χ0v) is 17.5. The van der Waals surface area contributed by atoms with Gasteiger partial charge in [0.2, 0.25) is 0 Å². The van der Waals surface area contributed by atoms with Crippen molar-refractivity contribution in [2.45, 2.75) is 19.9 Å². The SMILES string of the molecule is CCc1cc(=O)[nH]c(-c2ccc(N3CCN(Cc4c(F)cccc4Cl)CC3)nc2)n1. The van der Waals surface area contributed by atoms with E-state index in [4.69, 9.17) is 11.6 Å². The molecule has 0 spiro atoms. The summed E-state index contributed by atoms with van der Waals surface area (Å²) < 4.78 is 14.0. The fourth-order valence-electron chi connectivity index (χ4n) is 3.58. The Kier molecular flexibility index (Phi) is 6.11. The van der Waals surface area contributed by atoms with Gasteiger partial charge in [-0.1, -0.05) is 24.6 Å². The lowest BCUT2D eigenvalue weighted by Crippen LogP contribution is -2.46. The van der Waals surface area contributed by atoms with Gasteiger partial charge in [-0.2, -0.15) is 0 Å². The van der Waals surface area contributed by atoms with Gasteiger partial charge >= 0.3 is 0 Å². The Morgan fingerprint density at radius 3 is 2.63 bits per heavy atom. The maximum absolute atomic E-state index is 14.0. The first kappa shape index (κ1) is 20.5. The average Bonchev–Trinajstić information content (AvgIpc) is 2.76. The summed E-state index contributed by atoms with van der Waals surface area (Å²) in [6.45, 7) is 5.63. The average molecular weight is 428 g/mol. The maximum Gasteiger partial charge on any atom is 0.251 e. The van der Waals surface area contributed by atoms with Gasteiger partial charge < -0.3 is 9.88 Å². The second kappa shape index (κ2) is 8.93. The molecule has 1 aliphatic heterocycles. The lowest BCUT2D eigenvalue weighted by atomic mass is 10.1. The van der Waals surface area contributed by atoms with Gasteiger partial charge in [-0.05, 0) is 30.7 Å². The van der Waals surface area contributed by atoms with Crippen molar-refractivity contribution in [2.75, 3.05) is 31.1 Å². The molecule has 30 heavy (non-hydrogen) atoms. The lowest BCUT2D eigenvalue weighted by Gasteiger charge is -2.35. The van der Waals surface area contributed by atoms with Gasteiger partial charge in [-0.15, -0.1) is 0 Å². The molecule has 1 aromatic carbocycles. The highest BCUT2D eigenvalue weighted by Gasteiger charge is 2.20. The van der Waals surface area contributed by atoms with Crippen LogP contribution in [0.5, 0.6) is 0 Å². The van der Waals surface area contributed by atoms with Crippen molar-refractivity contribution >= 4 is 17.4 Å². The van der Waals surface area contributed by atoms with Crippen LogP contribution in [0.3, 0.4) is 0 Å². The Morgan fingerprint density at radius 2 is 1.97 bits per heavy atom. The summed E-state index contributed by atoms with van der Waals surface area (Å²) in [5.74, 6) is 1.14. The summed E-state index contributed by atoms with van der Waals surface area (Å²) in [6, 6.07) is 10.2. The Bertz CT molecular complexity index is 1060. The Balaban J connectivity index is 1.41. The molecule has 8 heteroatoms. The van der Waals surface area contributed by atoms with Crippen molar-refractivity contribution in [1.82, 2.24) is 19.9 Å². The van der Waals surface area contributed by atoms with E-state index in [-0.39, 0.29) is 11.4 Å². The zero-order chi connectivity index (χ0) is 21.1. The summed E-state index contributed by atoms with van der Waals surface area (Å²) in [7, 11) is 0. The van der Waals surface area contributed by atoms with Crippen LogP contribution in [0.4, 0.5) is 10.2 Å². The second-order valence-electron chi connectivity index (χ2n) is 7.31. The monoisotopic (exact) mass is 427 g/mol. The normalized spacial score (nSPS) is 14.8. The zero-order valence-electron chi connectivity index (χ0n) is 16.7. The number of nitrogens with one attached hydrogen (secondary N) is 1. The topological polar surface area (TPSA) is 65.1 Å². The summed E-state index contributed by atoms with van der Waals surface area (Å²) >= 11 is 6.15. The summed E-state index contributed by atoms with van der Waals surface area (Å²) in [4.78, 5) is 28.0. The van der Waals surface area contributed by atoms with Crippen molar-refractivity contribution in [3.63, 3.8) is 0 Å². The van der Waals surface area contributed by atoms with E-state index in [9.17, 15) is 9.18 Å². The van der Waals surface area contributed by atoms with Gasteiger partial charge in [0.15, 0.2) is 0 Å². The van der Waals surface area contributed by atoms with E-state index in [1.165, 1.54) is 12.1 Å². The minimum absolute atomic E-state index is 0.160. The quantitative estimate of drug-likeness (QED) is 0.675. The maximum atomic E-state index is 14.0. The third kappa shape index (κ3) is 4.52. The Hall–Kier alpha value is -2.77. The molecule has 0 atom stereocenters. The number of hydrogen-bond donors (Lipinski definition) is 1. The predicted octanol–water partition coefficient (Wildman–Crippen LogP) is 3.51. The molecule has 1 aliphatic rings. The number of rotatable bonds is 5. The minimum atomic E-state index is -0.263. The molecule has 2 aromatic heterocycles. The van der Waals surface area contributed by atoms with Crippen molar-refractivity contribution in [2.24, 2.45) is 0 Å². The van der Waals surface area contributed by atoms with Crippen LogP contribution in [0.1, 0.15) is 18.2 Å². The number of aryl methyl sites for hydroxylation is 1. The van der Waals surface area contributed by atoms with E-state index in [0.29, 0.717) is 29.4 Å². The van der Waals surface area contributed by atoms with Crippen LogP contribution < -0.4 is 10.5 Å². The van der Waals surface area contributed by atoms with E-state index >= 15 is 0 Å². The van der Waals surface area contributed by atoms with Gasteiger partial charge in [0.1, 0.15) is 17.5 Å². The molecular formula is C22H23ClFN5O. The minimum Gasteiger partial charge on any atom is -0.354 e. The van der Waals surface area contributed by atoms with Crippen LogP contribution in [0.2, 0.25) is 5.02 Å². The number of benzene rings is 1. The molecule has 0 aliphatic carbocycles. The molecule has 6 nitrogen and oxygen atoms in total. The first-order valence-electron chi connectivity index (χ1n) is 10.0. The van der Waals surface area contributed by atoms with Gasteiger partial charge in [0.25, 0.3) is 5.56 Å². The van der Waals surface area contributed by atoms with E-state index in [1.807, 2.05) is 19.1 Å². The second-order valence-corrected chi connectivity index (χ2v) is 7.71. The smallest absolute Gasteiger partial charge is 0.251 e. The third-order valence-corrected chi connectivity index (χ3v) is 5.67. The number of aromatic amines is 1. The first-order valence-corrected chi connectivity index (χ1v) is 10.4. The predicted molar refractivity (Wildman–Crippen MR) is 116 cm³/mol. The van der Waals surface area contributed by atoms with Crippen molar-refractivity contribution in [3.05, 3.63) is 75.0 Å².